The number of anilines is 1. The van der Waals surface area contributed by atoms with Crippen LogP contribution in [-0.4, -0.2) is 14.3 Å². The van der Waals surface area contributed by atoms with E-state index < -0.39 is 27.8 Å². The lowest BCUT2D eigenvalue weighted by molar-refractivity contribution is 0.0934. The number of carbonyl (C=O) groups excluding carboxylic acids is 1. The molecule has 8 heteroatoms. The minimum atomic E-state index is -4.07. The molecule has 0 saturated carbocycles. The molecule has 3 aromatic rings. The summed E-state index contributed by atoms with van der Waals surface area (Å²) in [7, 11) is -4.07. The van der Waals surface area contributed by atoms with Gasteiger partial charge in [0, 0.05) is 5.56 Å². The molecular weight excluding hydrogens is 395 g/mol. The maximum absolute atomic E-state index is 13.8. The molecule has 0 fully saturated rings. The van der Waals surface area contributed by atoms with Crippen LogP contribution in [0.2, 0.25) is 0 Å². The summed E-state index contributed by atoms with van der Waals surface area (Å²) in [6, 6.07) is 12.8. The van der Waals surface area contributed by atoms with Crippen molar-refractivity contribution in [3.63, 3.8) is 0 Å². The van der Waals surface area contributed by atoms with Gasteiger partial charge in [-0.3, -0.25) is 9.52 Å². The molecule has 0 aliphatic carbocycles. The van der Waals surface area contributed by atoms with Crippen molar-refractivity contribution in [1.82, 2.24) is 5.32 Å². The number of hydrogen-bond acceptors (Lipinski definition) is 4. The van der Waals surface area contributed by atoms with Gasteiger partial charge in [-0.05, 0) is 62.7 Å². The molecule has 2 aromatic carbocycles. The fraction of sp³-hybridized carbons (Fsp3) is 0.190. The molecule has 6 nitrogen and oxygen atoms in total. The smallest absolute Gasteiger partial charge is 0.262 e. The standard InChI is InChI=1S/C21H21FN2O4S/c1-13-8-10-16(29(26,27)24-19-7-5-4-6-18(19)22)12-17(13)21(25)23-15(3)20-11-9-14(2)28-20/h4-12,15,24H,1-3H3,(H,23,25). The highest BCUT2D eigenvalue weighted by molar-refractivity contribution is 7.92. The van der Waals surface area contributed by atoms with Crippen LogP contribution in [-0.2, 0) is 10.0 Å². The van der Waals surface area contributed by atoms with Crippen LogP contribution in [0.25, 0.3) is 0 Å². The van der Waals surface area contributed by atoms with Gasteiger partial charge in [0.2, 0.25) is 0 Å². The minimum Gasteiger partial charge on any atom is -0.464 e. The number of rotatable bonds is 6. The summed E-state index contributed by atoms with van der Waals surface area (Å²) in [5, 5.41) is 2.80. The van der Waals surface area contributed by atoms with Crippen LogP contribution in [0.15, 0.2) is 63.9 Å². The third-order valence-corrected chi connectivity index (χ3v) is 5.78. The molecule has 3 rings (SSSR count). The van der Waals surface area contributed by atoms with E-state index in [1.807, 2.05) is 0 Å². The van der Waals surface area contributed by atoms with E-state index in [9.17, 15) is 17.6 Å². The Kier molecular flexibility index (Phi) is 5.74. The molecule has 29 heavy (non-hydrogen) atoms. The molecule has 0 radical (unpaired) electrons. The highest BCUT2D eigenvalue weighted by atomic mass is 32.2. The molecule has 0 aliphatic heterocycles. The van der Waals surface area contributed by atoms with Crippen LogP contribution in [0.5, 0.6) is 0 Å². The summed E-state index contributed by atoms with van der Waals surface area (Å²) in [5.74, 6) is 0.193. The van der Waals surface area contributed by atoms with Gasteiger partial charge in [0.1, 0.15) is 17.3 Å². The Morgan fingerprint density at radius 1 is 1.07 bits per heavy atom. The maximum atomic E-state index is 13.8. The molecule has 2 N–H and O–H groups in total. The van der Waals surface area contributed by atoms with Crippen LogP contribution in [0, 0.1) is 19.7 Å². The van der Waals surface area contributed by atoms with Crippen LogP contribution >= 0.6 is 0 Å². The number of benzene rings is 2. The number of carbonyl (C=O) groups is 1. The number of nitrogens with one attached hydrogen (secondary N) is 2. The van der Waals surface area contributed by atoms with Crippen LogP contribution < -0.4 is 10.0 Å². The van der Waals surface area contributed by atoms with Crippen molar-refractivity contribution in [1.29, 1.82) is 0 Å². The Morgan fingerprint density at radius 3 is 2.45 bits per heavy atom. The number of hydrogen-bond donors (Lipinski definition) is 2. The lowest BCUT2D eigenvalue weighted by Gasteiger charge is -2.14. The number of halogens is 1. The highest BCUT2D eigenvalue weighted by Gasteiger charge is 2.21. The summed E-state index contributed by atoms with van der Waals surface area (Å²) >= 11 is 0. The van der Waals surface area contributed by atoms with E-state index in [1.165, 1.54) is 36.4 Å². The molecule has 152 valence electrons. The van der Waals surface area contributed by atoms with Gasteiger partial charge in [-0.15, -0.1) is 0 Å². The van der Waals surface area contributed by atoms with Gasteiger partial charge in [0.05, 0.1) is 16.6 Å². The molecule has 0 bridgehead atoms. The molecule has 1 unspecified atom stereocenters. The number of furan rings is 1. The fourth-order valence-electron chi connectivity index (χ4n) is 2.79. The Hall–Kier alpha value is -3.13. The first kappa shape index (κ1) is 20.6. The number of para-hydroxylation sites is 1. The van der Waals surface area contributed by atoms with Gasteiger partial charge in [0.25, 0.3) is 15.9 Å². The monoisotopic (exact) mass is 416 g/mol. The highest BCUT2D eigenvalue weighted by Crippen LogP contribution is 2.22. The van der Waals surface area contributed by atoms with E-state index in [0.29, 0.717) is 11.3 Å². The van der Waals surface area contributed by atoms with E-state index in [0.717, 1.165) is 11.8 Å². The van der Waals surface area contributed by atoms with Crippen LogP contribution in [0.1, 0.15) is 40.4 Å². The van der Waals surface area contributed by atoms with Crippen molar-refractivity contribution in [2.45, 2.75) is 31.7 Å². The zero-order chi connectivity index (χ0) is 21.2. The van der Waals surface area contributed by atoms with Gasteiger partial charge in [-0.1, -0.05) is 18.2 Å². The van der Waals surface area contributed by atoms with Crippen molar-refractivity contribution in [2.24, 2.45) is 0 Å². The first-order valence-corrected chi connectivity index (χ1v) is 10.4. The molecule has 0 aliphatic rings. The van der Waals surface area contributed by atoms with Crippen molar-refractivity contribution >= 4 is 21.6 Å². The number of sulfonamides is 1. The van der Waals surface area contributed by atoms with Crippen molar-refractivity contribution < 1.29 is 22.0 Å². The lowest BCUT2D eigenvalue weighted by Crippen LogP contribution is -2.27. The number of amides is 1. The predicted octanol–water partition coefficient (Wildman–Crippen LogP) is 4.33. The molecule has 1 atom stereocenters. The average Bonchev–Trinajstić information content (AvgIpc) is 3.10. The van der Waals surface area contributed by atoms with Gasteiger partial charge >= 0.3 is 0 Å². The minimum absolute atomic E-state index is 0.141. The Bertz CT molecular complexity index is 1150. The first-order chi connectivity index (χ1) is 13.7. The van der Waals surface area contributed by atoms with E-state index in [4.69, 9.17) is 4.42 Å². The van der Waals surface area contributed by atoms with Gasteiger partial charge < -0.3 is 9.73 Å². The summed E-state index contributed by atoms with van der Waals surface area (Å²) in [5.41, 5.74) is 0.646. The first-order valence-electron chi connectivity index (χ1n) is 8.92. The molecule has 1 aromatic heterocycles. The molecule has 1 heterocycles. The number of aryl methyl sites for hydroxylation is 2. The Morgan fingerprint density at radius 2 is 1.79 bits per heavy atom. The zero-order valence-electron chi connectivity index (χ0n) is 16.2. The van der Waals surface area contributed by atoms with E-state index in [1.54, 1.807) is 32.9 Å². The molecule has 0 saturated heterocycles. The van der Waals surface area contributed by atoms with Gasteiger partial charge in [-0.2, -0.15) is 0 Å². The third kappa shape index (κ3) is 4.65. The SMILES string of the molecule is Cc1ccc(C(C)NC(=O)c2cc(S(=O)(=O)Nc3ccccc3F)ccc2C)o1. The van der Waals surface area contributed by atoms with Crippen molar-refractivity contribution in [3.05, 3.63) is 83.1 Å². The summed E-state index contributed by atoms with van der Waals surface area (Å²) in [6.45, 7) is 5.28. The van der Waals surface area contributed by atoms with E-state index in [-0.39, 0.29) is 16.1 Å². The summed E-state index contributed by atoms with van der Waals surface area (Å²) in [4.78, 5) is 12.6. The lowest BCUT2D eigenvalue weighted by atomic mass is 10.1. The van der Waals surface area contributed by atoms with E-state index in [2.05, 4.69) is 10.0 Å². The van der Waals surface area contributed by atoms with Crippen LogP contribution in [0.4, 0.5) is 10.1 Å². The predicted molar refractivity (Wildman–Crippen MR) is 108 cm³/mol. The van der Waals surface area contributed by atoms with Gasteiger partial charge in [-0.25, -0.2) is 12.8 Å². The fourth-order valence-corrected chi connectivity index (χ4v) is 3.89. The second-order valence-electron chi connectivity index (χ2n) is 6.71. The summed E-state index contributed by atoms with van der Waals surface area (Å²) in [6.07, 6.45) is 0. The largest absolute Gasteiger partial charge is 0.464 e. The molecule has 1 amide bonds. The quantitative estimate of drug-likeness (QED) is 0.626. The second kappa shape index (κ2) is 8.08. The second-order valence-corrected chi connectivity index (χ2v) is 8.39. The van der Waals surface area contributed by atoms with Crippen LogP contribution in [0.3, 0.4) is 0 Å². The Balaban J connectivity index is 1.85. The van der Waals surface area contributed by atoms with Crippen molar-refractivity contribution in [3.8, 4) is 0 Å². The summed E-state index contributed by atoms with van der Waals surface area (Å²) < 4.78 is 46.9. The zero-order valence-corrected chi connectivity index (χ0v) is 17.0. The molecule has 0 spiro atoms. The third-order valence-electron chi connectivity index (χ3n) is 4.42. The van der Waals surface area contributed by atoms with Gasteiger partial charge in [0.15, 0.2) is 0 Å². The average molecular weight is 416 g/mol. The molecular formula is C21H21FN2O4S. The Labute approximate surface area is 168 Å². The maximum Gasteiger partial charge on any atom is 0.262 e. The normalized spacial score (nSPS) is 12.4. The van der Waals surface area contributed by atoms with Crippen molar-refractivity contribution in [2.75, 3.05) is 4.72 Å². The topological polar surface area (TPSA) is 88.4 Å². The van der Waals surface area contributed by atoms with E-state index >= 15 is 0 Å².